The van der Waals surface area contributed by atoms with E-state index in [-0.39, 0.29) is 30.8 Å². The predicted molar refractivity (Wildman–Crippen MR) is 54.0 cm³/mol. The molecule has 6 nitrogen and oxygen atoms in total. The van der Waals surface area contributed by atoms with Gasteiger partial charge in [-0.05, 0) is 19.3 Å². The van der Waals surface area contributed by atoms with E-state index in [1.165, 1.54) is 0 Å². The highest BCUT2D eigenvalue weighted by atomic mass is 16.4. The van der Waals surface area contributed by atoms with Crippen molar-refractivity contribution < 1.29 is 14.7 Å². The second kappa shape index (κ2) is 5.09. The van der Waals surface area contributed by atoms with Crippen molar-refractivity contribution in [1.82, 2.24) is 5.32 Å². The van der Waals surface area contributed by atoms with Crippen LogP contribution in [0.3, 0.4) is 0 Å². The van der Waals surface area contributed by atoms with Crippen molar-refractivity contribution in [3.05, 3.63) is 0 Å². The molecule has 86 valence electrons. The molecule has 1 aliphatic carbocycles. The summed E-state index contributed by atoms with van der Waals surface area (Å²) in [5, 5.41) is 11.3. The molecule has 1 aliphatic rings. The second-order valence-corrected chi connectivity index (χ2v) is 3.98. The Labute approximate surface area is 88.0 Å². The Morgan fingerprint density at radius 1 is 1.47 bits per heavy atom. The summed E-state index contributed by atoms with van der Waals surface area (Å²) in [6.45, 7) is 0. The van der Waals surface area contributed by atoms with Gasteiger partial charge in [0.05, 0.1) is 0 Å². The maximum Gasteiger partial charge on any atom is 0.320 e. The Hall–Kier alpha value is -1.14. The highest BCUT2D eigenvalue weighted by molar-refractivity contribution is 5.78. The van der Waals surface area contributed by atoms with Crippen molar-refractivity contribution >= 4 is 11.9 Å². The van der Waals surface area contributed by atoms with E-state index in [0.717, 1.165) is 12.8 Å². The van der Waals surface area contributed by atoms with Gasteiger partial charge in [0, 0.05) is 18.5 Å². The van der Waals surface area contributed by atoms with Crippen molar-refractivity contribution in [3.8, 4) is 0 Å². The SMILES string of the molecule is N[C@@H](CCC(=O)N[C@H]1C[C@@H](N)C1)C(=O)O. The largest absolute Gasteiger partial charge is 0.480 e. The molecular weight excluding hydrogens is 198 g/mol. The number of nitrogens with two attached hydrogens (primary N) is 2. The number of carbonyl (C=O) groups excluding carboxylic acids is 1. The zero-order valence-electron chi connectivity index (χ0n) is 8.48. The third-order valence-corrected chi connectivity index (χ3v) is 2.54. The van der Waals surface area contributed by atoms with Crippen LogP contribution in [0.4, 0.5) is 0 Å². The normalized spacial score (nSPS) is 26.5. The first-order valence-corrected chi connectivity index (χ1v) is 5.02. The van der Waals surface area contributed by atoms with Crippen molar-refractivity contribution in [3.63, 3.8) is 0 Å². The first-order valence-electron chi connectivity index (χ1n) is 5.02. The van der Waals surface area contributed by atoms with Gasteiger partial charge in [0.1, 0.15) is 6.04 Å². The molecule has 15 heavy (non-hydrogen) atoms. The van der Waals surface area contributed by atoms with E-state index in [4.69, 9.17) is 16.6 Å². The molecule has 0 aromatic heterocycles. The minimum atomic E-state index is -1.08. The van der Waals surface area contributed by atoms with Gasteiger partial charge in [0.25, 0.3) is 0 Å². The van der Waals surface area contributed by atoms with Gasteiger partial charge >= 0.3 is 5.97 Å². The van der Waals surface area contributed by atoms with Crippen LogP contribution in [-0.2, 0) is 9.59 Å². The number of aliphatic carboxylic acids is 1. The van der Waals surface area contributed by atoms with Crippen LogP contribution in [0, 0.1) is 0 Å². The molecule has 1 fully saturated rings. The predicted octanol–water partition coefficient (Wildman–Crippen LogP) is -1.22. The fourth-order valence-corrected chi connectivity index (χ4v) is 1.49. The number of carboxylic acids is 1. The molecule has 1 saturated carbocycles. The first-order chi connectivity index (χ1) is 6.99. The van der Waals surface area contributed by atoms with Crippen LogP contribution in [0.25, 0.3) is 0 Å². The van der Waals surface area contributed by atoms with Crippen LogP contribution in [0.2, 0.25) is 0 Å². The van der Waals surface area contributed by atoms with Crippen molar-refractivity contribution in [2.45, 2.75) is 43.8 Å². The lowest BCUT2D eigenvalue weighted by Gasteiger charge is -2.33. The highest BCUT2D eigenvalue weighted by Gasteiger charge is 2.27. The molecule has 0 aromatic rings. The third kappa shape index (κ3) is 3.85. The molecule has 0 unspecified atom stereocenters. The van der Waals surface area contributed by atoms with Crippen LogP contribution in [0.1, 0.15) is 25.7 Å². The summed E-state index contributed by atoms with van der Waals surface area (Å²) in [5.74, 6) is -1.22. The van der Waals surface area contributed by atoms with Crippen molar-refractivity contribution in [2.24, 2.45) is 11.5 Å². The van der Waals surface area contributed by atoms with Gasteiger partial charge in [-0.3, -0.25) is 9.59 Å². The van der Waals surface area contributed by atoms with E-state index in [2.05, 4.69) is 5.32 Å². The van der Waals surface area contributed by atoms with Gasteiger partial charge in [0.2, 0.25) is 5.91 Å². The van der Waals surface area contributed by atoms with Gasteiger partial charge in [0.15, 0.2) is 0 Å². The van der Waals surface area contributed by atoms with Crippen LogP contribution < -0.4 is 16.8 Å². The van der Waals surface area contributed by atoms with E-state index >= 15 is 0 Å². The zero-order valence-corrected chi connectivity index (χ0v) is 8.48. The average molecular weight is 215 g/mol. The van der Waals surface area contributed by atoms with Crippen molar-refractivity contribution in [2.75, 3.05) is 0 Å². The summed E-state index contributed by atoms with van der Waals surface area (Å²) < 4.78 is 0. The lowest BCUT2D eigenvalue weighted by Crippen LogP contribution is -2.50. The van der Waals surface area contributed by atoms with E-state index < -0.39 is 12.0 Å². The van der Waals surface area contributed by atoms with Crippen molar-refractivity contribution in [1.29, 1.82) is 0 Å². The van der Waals surface area contributed by atoms with E-state index in [1.807, 2.05) is 0 Å². The molecule has 1 rings (SSSR count). The Bertz CT molecular complexity index is 251. The quantitative estimate of drug-likeness (QED) is 0.458. The van der Waals surface area contributed by atoms with Crippen LogP contribution >= 0.6 is 0 Å². The monoisotopic (exact) mass is 215 g/mol. The van der Waals surface area contributed by atoms with E-state index in [0.29, 0.717) is 0 Å². The van der Waals surface area contributed by atoms with Gasteiger partial charge in [-0.15, -0.1) is 0 Å². The Morgan fingerprint density at radius 2 is 2.07 bits per heavy atom. The summed E-state index contributed by atoms with van der Waals surface area (Å²) in [5.41, 5.74) is 10.8. The molecule has 0 bridgehead atoms. The van der Waals surface area contributed by atoms with E-state index in [9.17, 15) is 9.59 Å². The molecule has 6 heteroatoms. The summed E-state index contributed by atoms with van der Waals surface area (Å²) in [6.07, 6.45) is 1.92. The Balaban J connectivity index is 2.11. The lowest BCUT2D eigenvalue weighted by atomic mass is 9.87. The fourth-order valence-electron chi connectivity index (χ4n) is 1.49. The molecule has 1 atom stereocenters. The Kier molecular flexibility index (Phi) is 4.05. The number of hydrogen-bond acceptors (Lipinski definition) is 4. The number of rotatable bonds is 5. The number of carbonyl (C=O) groups is 2. The minimum Gasteiger partial charge on any atom is -0.480 e. The maximum atomic E-state index is 11.3. The molecule has 0 aromatic carbocycles. The fraction of sp³-hybridized carbons (Fsp3) is 0.778. The second-order valence-electron chi connectivity index (χ2n) is 3.98. The topological polar surface area (TPSA) is 118 Å². The van der Waals surface area contributed by atoms with Gasteiger partial charge in [-0.2, -0.15) is 0 Å². The molecule has 0 spiro atoms. The minimum absolute atomic E-state index is 0.149. The smallest absolute Gasteiger partial charge is 0.320 e. The molecule has 1 amide bonds. The maximum absolute atomic E-state index is 11.3. The number of hydrogen-bond donors (Lipinski definition) is 4. The van der Waals surface area contributed by atoms with E-state index in [1.54, 1.807) is 0 Å². The van der Waals surface area contributed by atoms with Gasteiger partial charge in [-0.1, -0.05) is 0 Å². The third-order valence-electron chi connectivity index (χ3n) is 2.54. The summed E-state index contributed by atoms with van der Waals surface area (Å²) >= 11 is 0. The summed E-state index contributed by atoms with van der Waals surface area (Å²) in [4.78, 5) is 21.7. The lowest BCUT2D eigenvalue weighted by molar-refractivity contribution is -0.138. The van der Waals surface area contributed by atoms with Gasteiger partial charge < -0.3 is 21.9 Å². The Morgan fingerprint density at radius 3 is 2.53 bits per heavy atom. The molecule has 0 aliphatic heterocycles. The standard InChI is InChI=1S/C9H17N3O3/c10-5-3-6(4-5)12-8(13)2-1-7(11)9(14)15/h5-7H,1-4,10-11H2,(H,12,13)(H,14,15)/t5-,6+,7-/m0/s1. The highest BCUT2D eigenvalue weighted by Crippen LogP contribution is 2.17. The molecule has 0 radical (unpaired) electrons. The molecule has 0 heterocycles. The van der Waals surface area contributed by atoms with Crippen LogP contribution in [0.15, 0.2) is 0 Å². The molecular formula is C9H17N3O3. The summed E-state index contributed by atoms with van der Waals surface area (Å²) in [7, 11) is 0. The van der Waals surface area contributed by atoms with Gasteiger partial charge in [-0.25, -0.2) is 0 Å². The first kappa shape index (κ1) is 11.9. The average Bonchev–Trinajstić information content (AvgIpc) is 2.11. The molecule has 0 saturated heterocycles. The summed E-state index contributed by atoms with van der Waals surface area (Å²) in [6, 6.07) is -0.607. The number of amides is 1. The van der Waals surface area contributed by atoms with Crippen LogP contribution in [0.5, 0.6) is 0 Å². The number of carboxylic acid groups (broad SMARTS) is 1. The molecule has 6 N–H and O–H groups in total. The number of nitrogens with one attached hydrogen (secondary N) is 1. The zero-order chi connectivity index (χ0) is 11.4. The van der Waals surface area contributed by atoms with Crippen LogP contribution in [-0.4, -0.2) is 35.1 Å².